The minimum absolute atomic E-state index is 0.0558. The van der Waals surface area contributed by atoms with Crippen LogP contribution in [-0.2, 0) is 4.74 Å². The minimum atomic E-state index is -0.0630. The van der Waals surface area contributed by atoms with Crippen LogP contribution in [0.1, 0.15) is 16.8 Å². The van der Waals surface area contributed by atoms with Crippen LogP contribution < -0.4 is 16.0 Å². The summed E-state index contributed by atoms with van der Waals surface area (Å²) in [4.78, 5) is 12.7. The van der Waals surface area contributed by atoms with Gasteiger partial charge in [0, 0.05) is 25.2 Å². The molecule has 5 nitrogen and oxygen atoms in total. The number of nitrogens with one attached hydrogen (secondary N) is 3. The van der Waals surface area contributed by atoms with Crippen LogP contribution in [0.3, 0.4) is 0 Å². The molecule has 2 aliphatic rings. The molecule has 2 aromatic carbocycles. The highest BCUT2D eigenvalue weighted by atomic mass is 16.5. The fourth-order valence-corrected chi connectivity index (χ4v) is 3.32. The molecular formula is C19H21N3O2. The zero-order chi connectivity index (χ0) is 16.4. The van der Waals surface area contributed by atoms with Crippen molar-refractivity contribution in [1.82, 2.24) is 10.6 Å². The van der Waals surface area contributed by atoms with Crippen molar-refractivity contribution >= 4 is 17.3 Å². The number of rotatable bonds is 4. The van der Waals surface area contributed by atoms with E-state index < -0.39 is 0 Å². The highest BCUT2D eigenvalue weighted by Gasteiger charge is 2.45. The molecule has 2 aliphatic heterocycles. The van der Waals surface area contributed by atoms with Crippen LogP contribution in [0.15, 0.2) is 54.6 Å². The largest absolute Gasteiger partial charge is 0.370 e. The molecule has 0 bridgehead atoms. The van der Waals surface area contributed by atoms with Gasteiger partial charge in [0.2, 0.25) is 0 Å². The average molecular weight is 323 g/mol. The second kappa shape index (κ2) is 6.26. The standard InChI is InChI=1S/C19H21N3O2/c23-18(22-15-10-19(24-11-15)12-20-13-19)16-8-4-5-9-17(16)21-14-6-2-1-3-7-14/h1-9,15,20-21H,10-13H2,(H,22,23)/t15-/m0/s1. The zero-order valence-electron chi connectivity index (χ0n) is 13.4. The second-order valence-electron chi connectivity index (χ2n) is 6.51. The molecule has 24 heavy (non-hydrogen) atoms. The molecule has 2 aromatic rings. The summed E-state index contributed by atoms with van der Waals surface area (Å²) in [7, 11) is 0. The summed E-state index contributed by atoms with van der Waals surface area (Å²) in [5, 5.41) is 9.67. The maximum Gasteiger partial charge on any atom is 0.253 e. The van der Waals surface area contributed by atoms with Gasteiger partial charge in [-0.2, -0.15) is 0 Å². The molecule has 2 heterocycles. The van der Waals surface area contributed by atoms with Crippen molar-refractivity contribution < 1.29 is 9.53 Å². The van der Waals surface area contributed by atoms with Crippen LogP contribution in [0, 0.1) is 0 Å². The lowest BCUT2D eigenvalue weighted by atomic mass is 9.92. The van der Waals surface area contributed by atoms with Gasteiger partial charge in [-0.25, -0.2) is 0 Å². The van der Waals surface area contributed by atoms with E-state index in [2.05, 4.69) is 16.0 Å². The average Bonchev–Trinajstić information content (AvgIpc) is 3.01. The Morgan fingerprint density at radius 3 is 2.54 bits per heavy atom. The lowest BCUT2D eigenvalue weighted by Gasteiger charge is -2.38. The van der Waals surface area contributed by atoms with E-state index in [1.165, 1.54) is 0 Å². The minimum Gasteiger partial charge on any atom is -0.370 e. The van der Waals surface area contributed by atoms with Crippen LogP contribution in [0.4, 0.5) is 11.4 Å². The third-order valence-electron chi connectivity index (χ3n) is 4.66. The van der Waals surface area contributed by atoms with Crippen LogP contribution in [0.25, 0.3) is 0 Å². The van der Waals surface area contributed by atoms with Crippen molar-refractivity contribution in [2.45, 2.75) is 18.1 Å². The first kappa shape index (κ1) is 15.2. The lowest BCUT2D eigenvalue weighted by Crippen LogP contribution is -2.59. The molecule has 2 fully saturated rings. The molecule has 0 radical (unpaired) electrons. The Labute approximate surface area is 141 Å². The molecule has 124 valence electrons. The van der Waals surface area contributed by atoms with Gasteiger partial charge in [0.15, 0.2) is 0 Å². The Kier molecular flexibility index (Phi) is 3.96. The predicted molar refractivity (Wildman–Crippen MR) is 93.6 cm³/mol. The molecule has 0 aromatic heterocycles. The van der Waals surface area contributed by atoms with Crippen LogP contribution in [-0.4, -0.2) is 37.2 Å². The molecule has 0 unspecified atom stereocenters. The third-order valence-corrected chi connectivity index (χ3v) is 4.66. The van der Waals surface area contributed by atoms with Crippen molar-refractivity contribution in [2.75, 3.05) is 25.0 Å². The number of ether oxygens (including phenoxy) is 1. The first-order valence-electron chi connectivity index (χ1n) is 8.31. The summed E-state index contributed by atoms with van der Waals surface area (Å²) >= 11 is 0. The summed E-state index contributed by atoms with van der Waals surface area (Å²) < 4.78 is 5.86. The number of carbonyl (C=O) groups excluding carboxylic acids is 1. The smallest absolute Gasteiger partial charge is 0.253 e. The van der Waals surface area contributed by atoms with E-state index in [1.54, 1.807) is 0 Å². The van der Waals surface area contributed by atoms with Gasteiger partial charge in [-0.3, -0.25) is 4.79 Å². The third kappa shape index (κ3) is 3.00. The Balaban J connectivity index is 1.46. The highest BCUT2D eigenvalue weighted by molar-refractivity contribution is 6.00. The van der Waals surface area contributed by atoms with Gasteiger partial charge in [0.05, 0.1) is 29.5 Å². The maximum atomic E-state index is 12.7. The van der Waals surface area contributed by atoms with Crippen molar-refractivity contribution in [3.05, 3.63) is 60.2 Å². The number of carbonyl (C=O) groups is 1. The predicted octanol–water partition coefficient (Wildman–Crippen LogP) is 2.29. The molecule has 5 heteroatoms. The fourth-order valence-electron chi connectivity index (χ4n) is 3.32. The molecule has 1 spiro atoms. The summed E-state index contributed by atoms with van der Waals surface area (Å²) in [6.45, 7) is 2.35. The van der Waals surface area contributed by atoms with E-state index in [4.69, 9.17) is 4.74 Å². The molecule has 3 N–H and O–H groups in total. The molecule has 1 amide bonds. The lowest BCUT2D eigenvalue weighted by molar-refractivity contribution is -0.0360. The summed E-state index contributed by atoms with van der Waals surface area (Å²) in [6, 6.07) is 17.5. The van der Waals surface area contributed by atoms with E-state index in [0.717, 1.165) is 30.9 Å². The van der Waals surface area contributed by atoms with Crippen molar-refractivity contribution in [3.8, 4) is 0 Å². The quantitative estimate of drug-likeness (QED) is 0.808. The van der Waals surface area contributed by atoms with Gasteiger partial charge in [0.1, 0.15) is 0 Å². The molecule has 0 aliphatic carbocycles. The normalized spacial score (nSPS) is 21.2. The van der Waals surface area contributed by atoms with Gasteiger partial charge in [-0.15, -0.1) is 0 Å². The van der Waals surface area contributed by atoms with Gasteiger partial charge in [-0.1, -0.05) is 30.3 Å². The monoisotopic (exact) mass is 323 g/mol. The number of para-hydroxylation sites is 2. The SMILES string of the molecule is O=C(N[C@@H]1COC2(CNC2)C1)c1ccccc1Nc1ccccc1. The maximum absolute atomic E-state index is 12.7. The molecule has 2 saturated heterocycles. The van der Waals surface area contributed by atoms with E-state index in [0.29, 0.717) is 12.2 Å². The van der Waals surface area contributed by atoms with Crippen LogP contribution in [0.5, 0.6) is 0 Å². The van der Waals surface area contributed by atoms with Gasteiger partial charge >= 0.3 is 0 Å². The topological polar surface area (TPSA) is 62.4 Å². The Morgan fingerprint density at radius 2 is 1.83 bits per heavy atom. The van der Waals surface area contributed by atoms with E-state index >= 15 is 0 Å². The fraction of sp³-hybridized carbons (Fsp3) is 0.316. The summed E-state index contributed by atoms with van der Waals surface area (Å²) in [6.07, 6.45) is 0.875. The number of benzene rings is 2. The number of hydrogen-bond acceptors (Lipinski definition) is 4. The first-order chi connectivity index (χ1) is 11.7. The molecule has 4 rings (SSSR count). The zero-order valence-corrected chi connectivity index (χ0v) is 13.4. The van der Waals surface area contributed by atoms with Crippen molar-refractivity contribution in [2.24, 2.45) is 0 Å². The van der Waals surface area contributed by atoms with Crippen molar-refractivity contribution in [1.29, 1.82) is 0 Å². The van der Waals surface area contributed by atoms with Crippen molar-refractivity contribution in [3.63, 3.8) is 0 Å². The van der Waals surface area contributed by atoms with Gasteiger partial charge in [-0.05, 0) is 24.3 Å². The van der Waals surface area contributed by atoms with E-state index in [1.807, 2.05) is 54.6 Å². The second-order valence-corrected chi connectivity index (χ2v) is 6.51. The Bertz CT molecular complexity index is 728. The Hall–Kier alpha value is -2.37. The van der Waals surface area contributed by atoms with Crippen LogP contribution >= 0.6 is 0 Å². The number of hydrogen-bond donors (Lipinski definition) is 3. The van der Waals surface area contributed by atoms with E-state index in [9.17, 15) is 4.79 Å². The number of anilines is 2. The van der Waals surface area contributed by atoms with Gasteiger partial charge in [0.25, 0.3) is 5.91 Å². The number of amides is 1. The summed E-state index contributed by atoms with van der Waals surface area (Å²) in [5.74, 6) is -0.0630. The molecule has 1 atom stereocenters. The highest BCUT2D eigenvalue weighted by Crippen LogP contribution is 2.30. The molecule has 0 saturated carbocycles. The molecular weight excluding hydrogens is 302 g/mol. The van der Waals surface area contributed by atoms with Crippen LogP contribution in [0.2, 0.25) is 0 Å². The Morgan fingerprint density at radius 1 is 1.08 bits per heavy atom. The van der Waals surface area contributed by atoms with E-state index in [-0.39, 0.29) is 17.6 Å². The summed E-state index contributed by atoms with van der Waals surface area (Å²) in [5.41, 5.74) is 2.36. The first-order valence-corrected chi connectivity index (χ1v) is 8.31. The van der Waals surface area contributed by atoms with Gasteiger partial charge < -0.3 is 20.7 Å².